The van der Waals surface area contributed by atoms with Crippen LogP contribution in [-0.2, 0) is 6.61 Å². The number of hydrogen-bond donors (Lipinski definition) is 0. The summed E-state index contributed by atoms with van der Waals surface area (Å²) in [5.41, 5.74) is 1.72. The van der Waals surface area contributed by atoms with Crippen LogP contribution >= 0.6 is 11.3 Å². The average Bonchev–Trinajstić information content (AvgIpc) is 2.92. The minimum atomic E-state index is 0.0386. The summed E-state index contributed by atoms with van der Waals surface area (Å²) in [6.07, 6.45) is 3.78. The van der Waals surface area contributed by atoms with Crippen LogP contribution in [0.3, 0.4) is 0 Å². The number of rotatable bonds is 7. The highest BCUT2D eigenvalue weighted by Gasteiger charge is 2.18. The summed E-state index contributed by atoms with van der Waals surface area (Å²) in [6, 6.07) is 3.79. The summed E-state index contributed by atoms with van der Waals surface area (Å²) in [7, 11) is 1.84. The van der Waals surface area contributed by atoms with Gasteiger partial charge in [0, 0.05) is 19.3 Å². The average molecular weight is 333 g/mol. The third kappa shape index (κ3) is 4.76. The number of amides is 1. The van der Waals surface area contributed by atoms with Crippen molar-refractivity contribution in [3.05, 3.63) is 39.6 Å². The summed E-state index contributed by atoms with van der Waals surface area (Å²) in [4.78, 5) is 23.5. The number of carbonyl (C=O) groups is 1. The highest BCUT2D eigenvalue weighted by Crippen LogP contribution is 2.21. The maximum Gasteiger partial charge on any atom is 0.265 e. The van der Waals surface area contributed by atoms with Crippen LogP contribution in [0.15, 0.2) is 18.3 Å². The van der Waals surface area contributed by atoms with Gasteiger partial charge in [-0.1, -0.05) is 13.3 Å². The van der Waals surface area contributed by atoms with Crippen molar-refractivity contribution in [2.24, 2.45) is 0 Å². The predicted octanol–water partition coefficient (Wildman–Crippen LogP) is 3.61. The van der Waals surface area contributed by atoms with Gasteiger partial charge in [0.2, 0.25) is 0 Å². The third-order valence-electron chi connectivity index (χ3n) is 3.48. The Hall–Kier alpha value is -1.95. The number of ether oxygens (including phenoxy) is 1. The molecule has 0 unspecified atom stereocenters. The van der Waals surface area contributed by atoms with E-state index >= 15 is 0 Å². The molecule has 0 saturated carbocycles. The Morgan fingerprint density at radius 2 is 2.13 bits per heavy atom. The lowest BCUT2D eigenvalue weighted by Gasteiger charge is -2.15. The van der Waals surface area contributed by atoms with E-state index in [1.165, 1.54) is 11.3 Å². The molecule has 0 radical (unpaired) electrons. The van der Waals surface area contributed by atoms with Crippen molar-refractivity contribution in [3.63, 3.8) is 0 Å². The van der Waals surface area contributed by atoms with E-state index < -0.39 is 0 Å². The highest BCUT2D eigenvalue weighted by atomic mass is 32.1. The zero-order valence-corrected chi connectivity index (χ0v) is 14.9. The largest absolute Gasteiger partial charge is 0.485 e. The molecule has 2 aromatic rings. The summed E-state index contributed by atoms with van der Waals surface area (Å²) >= 11 is 1.40. The number of thiazole rings is 1. The normalized spacial score (nSPS) is 10.6. The fraction of sp³-hybridized carbons (Fsp3) is 0.471. The van der Waals surface area contributed by atoms with E-state index in [9.17, 15) is 4.79 Å². The Kier molecular flexibility index (Phi) is 6.10. The van der Waals surface area contributed by atoms with Crippen LogP contribution in [-0.4, -0.2) is 34.4 Å². The van der Waals surface area contributed by atoms with E-state index in [1.54, 1.807) is 11.1 Å². The van der Waals surface area contributed by atoms with Gasteiger partial charge in [-0.05, 0) is 32.4 Å². The van der Waals surface area contributed by atoms with E-state index in [-0.39, 0.29) is 5.91 Å². The van der Waals surface area contributed by atoms with Gasteiger partial charge >= 0.3 is 0 Å². The molecule has 124 valence electrons. The Labute approximate surface area is 141 Å². The zero-order valence-electron chi connectivity index (χ0n) is 14.1. The first-order valence-corrected chi connectivity index (χ1v) is 8.60. The predicted molar refractivity (Wildman–Crippen MR) is 92.0 cm³/mol. The van der Waals surface area contributed by atoms with E-state index in [2.05, 4.69) is 16.9 Å². The van der Waals surface area contributed by atoms with Crippen LogP contribution in [0.5, 0.6) is 5.75 Å². The van der Waals surface area contributed by atoms with Gasteiger partial charge < -0.3 is 9.64 Å². The molecule has 0 fully saturated rings. The number of carbonyl (C=O) groups excluding carboxylic acids is 1. The van der Waals surface area contributed by atoms with Gasteiger partial charge in [-0.15, -0.1) is 11.3 Å². The first-order chi connectivity index (χ1) is 11.0. The minimum Gasteiger partial charge on any atom is -0.485 e. The van der Waals surface area contributed by atoms with E-state index in [1.807, 2.05) is 33.0 Å². The number of pyridine rings is 1. The number of aryl methyl sites for hydroxylation is 2. The summed E-state index contributed by atoms with van der Waals surface area (Å²) in [5.74, 6) is 0.744. The molecule has 6 heteroatoms. The summed E-state index contributed by atoms with van der Waals surface area (Å²) < 4.78 is 5.68. The van der Waals surface area contributed by atoms with E-state index in [4.69, 9.17) is 4.74 Å². The van der Waals surface area contributed by atoms with Crippen molar-refractivity contribution in [1.82, 2.24) is 14.9 Å². The van der Waals surface area contributed by atoms with Gasteiger partial charge in [0.1, 0.15) is 22.2 Å². The quantitative estimate of drug-likeness (QED) is 0.777. The molecule has 2 heterocycles. The van der Waals surface area contributed by atoms with Crippen LogP contribution in [0.4, 0.5) is 0 Å². The van der Waals surface area contributed by atoms with Crippen molar-refractivity contribution >= 4 is 17.2 Å². The van der Waals surface area contributed by atoms with Crippen LogP contribution in [0.1, 0.15) is 45.8 Å². The van der Waals surface area contributed by atoms with Crippen LogP contribution < -0.4 is 4.74 Å². The van der Waals surface area contributed by atoms with Crippen molar-refractivity contribution in [3.8, 4) is 5.75 Å². The third-order valence-corrected chi connectivity index (χ3v) is 4.59. The molecule has 0 saturated heterocycles. The first-order valence-electron chi connectivity index (χ1n) is 7.78. The molecule has 0 spiro atoms. The summed E-state index contributed by atoms with van der Waals surface area (Å²) in [6.45, 7) is 7.04. The van der Waals surface area contributed by atoms with Crippen LogP contribution in [0.2, 0.25) is 0 Å². The number of nitrogens with zero attached hydrogens (tertiary/aromatic N) is 3. The molecule has 1 amide bonds. The molecule has 5 nitrogen and oxygen atoms in total. The van der Waals surface area contributed by atoms with Crippen molar-refractivity contribution in [2.45, 2.75) is 40.2 Å². The molecule has 0 aliphatic rings. The lowest BCUT2D eigenvalue weighted by molar-refractivity contribution is 0.0797. The highest BCUT2D eigenvalue weighted by molar-refractivity contribution is 7.13. The van der Waals surface area contributed by atoms with E-state index in [0.29, 0.717) is 17.2 Å². The topological polar surface area (TPSA) is 55.3 Å². The van der Waals surface area contributed by atoms with Crippen molar-refractivity contribution < 1.29 is 9.53 Å². The molecule has 0 aliphatic heterocycles. The lowest BCUT2D eigenvalue weighted by atomic mass is 10.3. The molecule has 2 aromatic heterocycles. The molecular weight excluding hydrogens is 310 g/mol. The number of unbranched alkanes of at least 4 members (excludes halogenated alkanes) is 1. The summed E-state index contributed by atoms with van der Waals surface area (Å²) in [5, 5.41) is 0.801. The smallest absolute Gasteiger partial charge is 0.265 e. The van der Waals surface area contributed by atoms with Gasteiger partial charge in [0.05, 0.1) is 11.9 Å². The fourth-order valence-electron chi connectivity index (χ4n) is 2.07. The molecule has 0 aliphatic carbocycles. The molecule has 0 bridgehead atoms. The molecule has 0 atom stereocenters. The van der Waals surface area contributed by atoms with Gasteiger partial charge in [-0.3, -0.25) is 9.78 Å². The number of aromatic nitrogens is 2. The molecule has 0 aromatic carbocycles. The number of hydrogen-bond acceptors (Lipinski definition) is 5. The van der Waals surface area contributed by atoms with Gasteiger partial charge in [-0.2, -0.15) is 0 Å². The van der Waals surface area contributed by atoms with Crippen LogP contribution in [0.25, 0.3) is 0 Å². The Morgan fingerprint density at radius 1 is 1.35 bits per heavy atom. The second-order valence-corrected chi connectivity index (χ2v) is 6.61. The first kappa shape index (κ1) is 17.4. The Bertz CT molecular complexity index is 652. The second-order valence-electron chi connectivity index (χ2n) is 5.53. The zero-order chi connectivity index (χ0) is 16.8. The van der Waals surface area contributed by atoms with E-state index in [0.717, 1.165) is 35.8 Å². The fourth-order valence-corrected chi connectivity index (χ4v) is 3.04. The minimum absolute atomic E-state index is 0.0386. The molecular formula is C17H23N3O2S. The molecule has 2 rings (SSSR count). The lowest BCUT2D eigenvalue weighted by Crippen LogP contribution is -2.27. The Balaban J connectivity index is 1.99. The maximum atomic E-state index is 12.4. The van der Waals surface area contributed by atoms with Crippen molar-refractivity contribution in [1.29, 1.82) is 0 Å². The standard InChI is InChI=1S/C17H23N3O2S/c1-5-6-9-20(4)17(21)16-13(3)19-15(23-16)11-22-14-8-7-12(2)18-10-14/h7-8,10H,5-6,9,11H2,1-4H3. The van der Waals surface area contributed by atoms with Gasteiger partial charge in [0.25, 0.3) is 5.91 Å². The maximum absolute atomic E-state index is 12.4. The second kappa shape index (κ2) is 8.06. The van der Waals surface area contributed by atoms with Crippen LogP contribution in [0, 0.1) is 13.8 Å². The SMILES string of the molecule is CCCCN(C)C(=O)c1sc(COc2ccc(C)nc2)nc1C. The van der Waals surface area contributed by atoms with Gasteiger partial charge in [-0.25, -0.2) is 4.98 Å². The van der Waals surface area contributed by atoms with Gasteiger partial charge in [0.15, 0.2) is 0 Å². The molecule has 23 heavy (non-hydrogen) atoms. The monoisotopic (exact) mass is 333 g/mol. The molecule has 0 N–H and O–H groups in total. The Morgan fingerprint density at radius 3 is 2.78 bits per heavy atom. The van der Waals surface area contributed by atoms with Crippen molar-refractivity contribution in [2.75, 3.05) is 13.6 Å².